The number of rotatable bonds is 7. The summed E-state index contributed by atoms with van der Waals surface area (Å²) in [4.78, 5) is 31.7. The van der Waals surface area contributed by atoms with Gasteiger partial charge >= 0.3 is 6.36 Å². The molecule has 2 aliphatic heterocycles. The summed E-state index contributed by atoms with van der Waals surface area (Å²) >= 11 is 0. The van der Waals surface area contributed by atoms with Crippen molar-refractivity contribution in [3.05, 3.63) is 100 Å². The van der Waals surface area contributed by atoms with E-state index in [1.807, 2.05) is 47.1 Å². The van der Waals surface area contributed by atoms with Crippen LogP contribution in [0.15, 0.2) is 66.7 Å². The zero-order chi connectivity index (χ0) is 27.6. The van der Waals surface area contributed by atoms with Gasteiger partial charge in [-0.05, 0) is 59.0 Å². The first-order valence-corrected chi connectivity index (χ1v) is 12.9. The van der Waals surface area contributed by atoms with Gasteiger partial charge in [0.05, 0.1) is 6.04 Å². The van der Waals surface area contributed by atoms with Crippen LogP contribution in [0.3, 0.4) is 0 Å². The molecule has 0 aliphatic carbocycles. The van der Waals surface area contributed by atoms with Crippen LogP contribution in [0.1, 0.15) is 44.2 Å². The summed E-state index contributed by atoms with van der Waals surface area (Å²) < 4.78 is 41.3. The first-order chi connectivity index (χ1) is 18.7. The van der Waals surface area contributed by atoms with Gasteiger partial charge in [-0.3, -0.25) is 14.6 Å². The molecule has 1 amide bonds. The Morgan fingerprint density at radius 3 is 2.26 bits per heavy atom. The molecule has 2 aliphatic rings. The Morgan fingerprint density at radius 2 is 1.62 bits per heavy atom. The monoisotopic (exact) mass is 537 g/mol. The number of aryl methyl sites for hydroxylation is 1. The van der Waals surface area contributed by atoms with Crippen LogP contribution in [-0.2, 0) is 24.4 Å². The number of nitrogens with zero attached hydrogens (tertiary/aromatic N) is 3. The van der Waals surface area contributed by atoms with Crippen LogP contribution in [0.2, 0.25) is 0 Å². The van der Waals surface area contributed by atoms with E-state index in [9.17, 15) is 22.8 Å². The van der Waals surface area contributed by atoms with E-state index in [-0.39, 0.29) is 11.7 Å². The number of fused-ring (bicyclic) bond motifs is 1. The van der Waals surface area contributed by atoms with Crippen molar-refractivity contribution in [2.45, 2.75) is 39.0 Å². The fraction of sp³-hybridized carbons (Fsp3) is 0.333. The third-order valence-corrected chi connectivity index (χ3v) is 7.36. The molecule has 204 valence electrons. The van der Waals surface area contributed by atoms with Crippen LogP contribution in [0.4, 0.5) is 13.2 Å². The zero-order valence-corrected chi connectivity index (χ0v) is 21.7. The molecule has 0 aromatic heterocycles. The normalized spacial score (nSPS) is 18.2. The van der Waals surface area contributed by atoms with E-state index in [1.54, 1.807) is 12.1 Å². The molecule has 0 bridgehead atoms. The Morgan fingerprint density at radius 1 is 0.949 bits per heavy atom. The van der Waals surface area contributed by atoms with E-state index in [2.05, 4.69) is 21.8 Å². The van der Waals surface area contributed by atoms with Crippen LogP contribution in [0.25, 0.3) is 0 Å². The maximum absolute atomic E-state index is 13.4. The van der Waals surface area contributed by atoms with E-state index in [0.29, 0.717) is 31.7 Å². The summed E-state index contributed by atoms with van der Waals surface area (Å²) in [5, 5.41) is 0. The van der Waals surface area contributed by atoms with Gasteiger partial charge in [0.1, 0.15) is 12.0 Å². The highest BCUT2D eigenvalue weighted by molar-refractivity contribution is 5.95. The van der Waals surface area contributed by atoms with Crippen molar-refractivity contribution in [3.8, 4) is 5.75 Å². The summed E-state index contributed by atoms with van der Waals surface area (Å²) in [6, 6.07) is 19.2. The lowest BCUT2D eigenvalue weighted by atomic mass is 9.96. The highest BCUT2D eigenvalue weighted by Crippen LogP contribution is 2.37. The molecule has 0 radical (unpaired) electrons. The Labute approximate surface area is 225 Å². The van der Waals surface area contributed by atoms with E-state index in [4.69, 9.17) is 0 Å². The molecule has 1 atom stereocenters. The molecular formula is C30H30F3N3O3. The summed E-state index contributed by atoms with van der Waals surface area (Å²) in [6.45, 7) is 6.52. The molecule has 1 fully saturated rings. The lowest BCUT2D eigenvalue weighted by molar-refractivity contribution is -0.274. The molecule has 0 saturated carbocycles. The molecule has 0 spiro atoms. The minimum atomic E-state index is -4.75. The van der Waals surface area contributed by atoms with Crippen molar-refractivity contribution < 1.29 is 27.5 Å². The summed E-state index contributed by atoms with van der Waals surface area (Å²) in [5.41, 5.74) is 5.33. The highest BCUT2D eigenvalue weighted by atomic mass is 19.4. The SMILES string of the molecule is Cc1cc(C(=O)N2CCN(Cc3ccccc3)CC2)cc2c1C(C=O)N(Cc1ccc(OC(F)(F)F)cc1)C2. The Hall–Kier alpha value is -3.69. The highest BCUT2D eigenvalue weighted by Gasteiger charge is 2.34. The number of carbonyl (C=O) groups excluding carboxylic acids is 2. The number of halogens is 3. The van der Waals surface area contributed by atoms with Crippen molar-refractivity contribution in [1.29, 1.82) is 0 Å². The van der Waals surface area contributed by atoms with E-state index in [0.717, 1.165) is 48.2 Å². The first-order valence-electron chi connectivity index (χ1n) is 12.9. The number of benzene rings is 3. The average molecular weight is 538 g/mol. The van der Waals surface area contributed by atoms with Crippen LogP contribution in [0.5, 0.6) is 5.75 Å². The number of hydrogen-bond acceptors (Lipinski definition) is 5. The predicted octanol–water partition coefficient (Wildman–Crippen LogP) is 5.11. The molecule has 1 saturated heterocycles. The molecule has 0 N–H and O–H groups in total. The fourth-order valence-electron chi connectivity index (χ4n) is 5.52. The van der Waals surface area contributed by atoms with Crippen LogP contribution in [0, 0.1) is 6.92 Å². The van der Waals surface area contributed by atoms with Crippen LogP contribution in [-0.4, -0.2) is 59.4 Å². The van der Waals surface area contributed by atoms with Crippen molar-refractivity contribution >= 4 is 12.2 Å². The molecule has 6 nitrogen and oxygen atoms in total. The van der Waals surface area contributed by atoms with Gasteiger partial charge < -0.3 is 14.4 Å². The van der Waals surface area contributed by atoms with Gasteiger partial charge in [-0.2, -0.15) is 0 Å². The van der Waals surface area contributed by atoms with Crippen LogP contribution >= 0.6 is 0 Å². The van der Waals surface area contributed by atoms with E-state index in [1.165, 1.54) is 17.7 Å². The number of aldehydes is 1. The van der Waals surface area contributed by atoms with Crippen LogP contribution < -0.4 is 4.74 Å². The third kappa shape index (κ3) is 6.32. The number of ether oxygens (including phenoxy) is 1. The Balaban J connectivity index is 1.24. The summed E-state index contributed by atoms with van der Waals surface area (Å²) in [5.74, 6) is -0.301. The quantitative estimate of drug-likeness (QED) is 0.393. The van der Waals surface area contributed by atoms with Gasteiger partial charge in [-0.25, -0.2) is 0 Å². The third-order valence-electron chi connectivity index (χ3n) is 7.36. The average Bonchev–Trinajstić information content (AvgIpc) is 3.27. The standard InChI is InChI=1S/C30H30F3N3O3/c1-21-15-24(29(38)35-13-11-34(12-14-35)17-22-5-3-2-4-6-22)16-25-19-36(27(20-37)28(21)25)18-23-7-9-26(10-8-23)39-30(31,32)33/h2-10,15-16,20,27H,11-14,17-19H2,1H3. The Bertz CT molecular complexity index is 1320. The Kier molecular flexibility index (Phi) is 7.72. The minimum absolute atomic E-state index is 0.0124. The van der Waals surface area contributed by atoms with Gasteiger partial charge in [0, 0.05) is 51.4 Å². The molecule has 3 aromatic carbocycles. The van der Waals surface area contributed by atoms with Crippen molar-refractivity contribution in [2.75, 3.05) is 26.2 Å². The topological polar surface area (TPSA) is 53.1 Å². The molecule has 1 unspecified atom stereocenters. The van der Waals surface area contributed by atoms with Crippen molar-refractivity contribution in [1.82, 2.24) is 14.7 Å². The molecule has 5 rings (SSSR count). The number of piperazine rings is 1. The first kappa shape index (κ1) is 26.9. The molecule has 9 heteroatoms. The number of alkyl halides is 3. The second-order valence-electron chi connectivity index (χ2n) is 10.1. The molecule has 2 heterocycles. The van der Waals surface area contributed by atoms with Gasteiger partial charge in [0.2, 0.25) is 0 Å². The zero-order valence-electron chi connectivity index (χ0n) is 21.7. The largest absolute Gasteiger partial charge is 0.573 e. The van der Waals surface area contributed by atoms with Gasteiger partial charge in [-0.1, -0.05) is 42.5 Å². The van der Waals surface area contributed by atoms with Gasteiger partial charge in [0.15, 0.2) is 0 Å². The maximum atomic E-state index is 13.4. The summed E-state index contributed by atoms with van der Waals surface area (Å²) in [7, 11) is 0. The fourth-order valence-corrected chi connectivity index (χ4v) is 5.52. The number of carbonyl (C=O) groups is 2. The van der Waals surface area contributed by atoms with Crippen molar-refractivity contribution in [2.24, 2.45) is 0 Å². The molecule has 39 heavy (non-hydrogen) atoms. The van der Waals surface area contributed by atoms with E-state index < -0.39 is 12.4 Å². The minimum Gasteiger partial charge on any atom is -0.406 e. The maximum Gasteiger partial charge on any atom is 0.573 e. The molecule has 3 aromatic rings. The van der Waals surface area contributed by atoms with Crippen molar-refractivity contribution in [3.63, 3.8) is 0 Å². The second kappa shape index (κ2) is 11.2. The lowest BCUT2D eigenvalue weighted by Crippen LogP contribution is -2.48. The lowest BCUT2D eigenvalue weighted by Gasteiger charge is -2.35. The smallest absolute Gasteiger partial charge is 0.406 e. The predicted molar refractivity (Wildman–Crippen MR) is 140 cm³/mol. The second-order valence-corrected chi connectivity index (χ2v) is 10.1. The van der Waals surface area contributed by atoms with E-state index >= 15 is 0 Å². The number of hydrogen-bond donors (Lipinski definition) is 0. The van der Waals surface area contributed by atoms with Gasteiger partial charge in [0.25, 0.3) is 5.91 Å². The van der Waals surface area contributed by atoms with Gasteiger partial charge in [-0.15, -0.1) is 13.2 Å². The number of amides is 1. The summed E-state index contributed by atoms with van der Waals surface area (Å²) in [6.07, 6.45) is -3.86. The molecular weight excluding hydrogens is 507 g/mol.